The maximum atomic E-state index is 9.59. The van der Waals surface area contributed by atoms with E-state index in [-0.39, 0.29) is 0 Å². The predicted octanol–water partition coefficient (Wildman–Crippen LogP) is 6.80. The molecule has 0 radical (unpaired) electrons. The molecule has 0 aliphatic heterocycles. The van der Waals surface area contributed by atoms with Crippen LogP contribution in [-0.4, -0.2) is 6.61 Å². The van der Waals surface area contributed by atoms with E-state index in [9.17, 15) is 5.26 Å². The van der Waals surface area contributed by atoms with Crippen molar-refractivity contribution in [3.63, 3.8) is 0 Å². The van der Waals surface area contributed by atoms with Gasteiger partial charge in [0.2, 0.25) is 0 Å². The van der Waals surface area contributed by atoms with E-state index < -0.39 is 0 Å². The van der Waals surface area contributed by atoms with Gasteiger partial charge < -0.3 is 9.47 Å². The van der Waals surface area contributed by atoms with Crippen LogP contribution in [0.15, 0.2) is 71.2 Å². The molecule has 0 aliphatic rings. The molecule has 3 aromatic carbocycles. The van der Waals surface area contributed by atoms with Crippen molar-refractivity contribution in [3.05, 3.63) is 93.5 Å². The van der Waals surface area contributed by atoms with Crippen LogP contribution in [0.3, 0.4) is 0 Å². The number of rotatable bonds is 7. The first-order valence-electron chi connectivity index (χ1n) is 9.42. The quantitative estimate of drug-likeness (QED) is 0.295. The molecule has 0 bridgehead atoms. The Hall–Kier alpha value is -3.03. The molecule has 0 aromatic heterocycles. The number of halogens is 1. The molecule has 0 N–H and O–H groups in total. The summed E-state index contributed by atoms with van der Waals surface area (Å²) in [7, 11) is 0. The molecule has 0 unspecified atom stereocenters. The minimum absolute atomic E-state index is 0.454. The van der Waals surface area contributed by atoms with Crippen LogP contribution in [0.4, 0.5) is 0 Å². The Labute approximate surface area is 180 Å². The van der Waals surface area contributed by atoms with E-state index in [1.54, 1.807) is 0 Å². The van der Waals surface area contributed by atoms with Crippen LogP contribution in [0.2, 0.25) is 0 Å². The first-order valence-corrected chi connectivity index (χ1v) is 10.2. The highest BCUT2D eigenvalue weighted by atomic mass is 79.9. The van der Waals surface area contributed by atoms with Gasteiger partial charge in [-0.3, -0.25) is 0 Å². The zero-order valence-electron chi connectivity index (χ0n) is 16.5. The largest absolute Gasteiger partial charge is 0.490 e. The Balaban J connectivity index is 1.83. The third kappa shape index (κ3) is 5.73. The monoisotopic (exact) mass is 447 g/mol. The number of hydrogen-bond donors (Lipinski definition) is 0. The molecule has 0 aliphatic carbocycles. The van der Waals surface area contributed by atoms with Crippen LogP contribution in [-0.2, 0) is 6.61 Å². The van der Waals surface area contributed by atoms with Gasteiger partial charge in [-0.25, -0.2) is 0 Å². The molecular formula is C25H22BrNO2. The summed E-state index contributed by atoms with van der Waals surface area (Å²) in [6.07, 6.45) is 1.87. The SMILES string of the molecule is CCOc1cc(/C=C(\C#N)c2ccc(C)cc2)ccc1OCc1ccc(Br)cc1. The van der Waals surface area contributed by atoms with E-state index in [4.69, 9.17) is 9.47 Å². The van der Waals surface area contributed by atoms with Crippen molar-refractivity contribution in [1.82, 2.24) is 0 Å². The Morgan fingerprint density at radius 1 is 0.966 bits per heavy atom. The van der Waals surface area contributed by atoms with Gasteiger partial charge in [0.25, 0.3) is 0 Å². The van der Waals surface area contributed by atoms with Crippen molar-refractivity contribution < 1.29 is 9.47 Å². The van der Waals surface area contributed by atoms with E-state index in [0.717, 1.165) is 26.7 Å². The van der Waals surface area contributed by atoms with E-state index in [2.05, 4.69) is 22.0 Å². The highest BCUT2D eigenvalue weighted by molar-refractivity contribution is 9.10. The molecule has 3 nitrogen and oxygen atoms in total. The first kappa shape index (κ1) is 20.7. The van der Waals surface area contributed by atoms with Crippen LogP contribution in [0, 0.1) is 18.3 Å². The summed E-state index contributed by atoms with van der Waals surface area (Å²) in [4.78, 5) is 0. The molecule has 0 amide bonds. The van der Waals surface area contributed by atoms with Gasteiger partial charge in [-0.2, -0.15) is 5.26 Å². The van der Waals surface area contributed by atoms with Gasteiger partial charge in [0.15, 0.2) is 11.5 Å². The second-order valence-electron chi connectivity index (χ2n) is 6.59. The number of aryl methyl sites for hydroxylation is 1. The van der Waals surface area contributed by atoms with Crippen molar-refractivity contribution in [2.45, 2.75) is 20.5 Å². The van der Waals surface area contributed by atoms with E-state index >= 15 is 0 Å². The number of allylic oxidation sites excluding steroid dienone is 1. The van der Waals surface area contributed by atoms with Crippen molar-refractivity contribution in [2.75, 3.05) is 6.61 Å². The van der Waals surface area contributed by atoms with E-state index in [1.807, 2.05) is 86.7 Å². The summed E-state index contributed by atoms with van der Waals surface area (Å²) in [5.41, 5.74) is 4.63. The Morgan fingerprint density at radius 3 is 2.34 bits per heavy atom. The van der Waals surface area contributed by atoms with Crippen LogP contribution in [0.1, 0.15) is 29.2 Å². The predicted molar refractivity (Wildman–Crippen MR) is 121 cm³/mol. The van der Waals surface area contributed by atoms with Crippen LogP contribution in [0.25, 0.3) is 11.6 Å². The normalized spacial score (nSPS) is 11.0. The zero-order chi connectivity index (χ0) is 20.6. The molecule has 0 heterocycles. The minimum atomic E-state index is 0.454. The molecule has 4 heteroatoms. The number of nitriles is 1. The van der Waals surface area contributed by atoms with E-state index in [1.165, 1.54) is 0 Å². The maximum absolute atomic E-state index is 9.59. The molecule has 0 spiro atoms. The van der Waals surface area contributed by atoms with Gasteiger partial charge in [0.1, 0.15) is 6.61 Å². The average Bonchev–Trinajstić information content (AvgIpc) is 2.73. The summed E-state index contributed by atoms with van der Waals surface area (Å²) in [6.45, 7) is 4.95. The van der Waals surface area contributed by atoms with Crippen molar-refractivity contribution in [3.8, 4) is 17.6 Å². The molecular weight excluding hydrogens is 426 g/mol. The lowest BCUT2D eigenvalue weighted by molar-refractivity contribution is 0.269. The summed E-state index contributed by atoms with van der Waals surface area (Å²) >= 11 is 3.44. The highest BCUT2D eigenvalue weighted by Crippen LogP contribution is 2.31. The number of benzene rings is 3. The maximum Gasteiger partial charge on any atom is 0.161 e. The van der Waals surface area contributed by atoms with Crippen molar-refractivity contribution in [2.24, 2.45) is 0 Å². The summed E-state index contributed by atoms with van der Waals surface area (Å²) in [5, 5.41) is 9.59. The molecule has 0 fully saturated rings. The average molecular weight is 448 g/mol. The van der Waals surface area contributed by atoms with Crippen LogP contribution >= 0.6 is 15.9 Å². The molecule has 3 rings (SSSR count). The number of ether oxygens (including phenoxy) is 2. The fourth-order valence-corrected chi connectivity index (χ4v) is 3.09. The fraction of sp³-hybridized carbons (Fsp3) is 0.160. The summed E-state index contributed by atoms with van der Waals surface area (Å²) < 4.78 is 12.8. The van der Waals surface area contributed by atoms with Gasteiger partial charge in [0.05, 0.1) is 18.2 Å². The number of hydrogen-bond acceptors (Lipinski definition) is 3. The van der Waals surface area contributed by atoms with Crippen LogP contribution < -0.4 is 9.47 Å². The van der Waals surface area contributed by atoms with Gasteiger partial charge in [-0.05, 0) is 60.9 Å². The third-order valence-electron chi connectivity index (χ3n) is 4.37. The zero-order valence-corrected chi connectivity index (χ0v) is 18.1. The second-order valence-corrected chi connectivity index (χ2v) is 7.51. The lowest BCUT2D eigenvalue weighted by atomic mass is 10.0. The molecule has 146 valence electrons. The van der Waals surface area contributed by atoms with Gasteiger partial charge in [-0.15, -0.1) is 0 Å². The van der Waals surface area contributed by atoms with Gasteiger partial charge in [-0.1, -0.05) is 64.0 Å². The second kappa shape index (κ2) is 9.95. The summed E-state index contributed by atoms with van der Waals surface area (Å²) in [6, 6.07) is 24.0. The Bertz CT molecular complexity index is 1030. The van der Waals surface area contributed by atoms with Gasteiger partial charge >= 0.3 is 0 Å². The lowest BCUT2D eigenvalue weighted by Crippen LogP contribution is -2.00. The topological polar surface area (TPSA) is 42.2 Å². The summed E-state index contributed by atoms with van der Waals surface area (Å²) in [5.74, 6) is 1.35. The third-order valence-corrected chi connectivity index (χ3v) is 4.90. The van der Waals surface area contributed by atoms with Gasteiger partial charge in [0, 0.05) is 4.47 Å². The standard InChI is InChI=1S/C25H22BrNO2/c1-3-28-25-15-20(14-22(16-27)21-9-4-18(2)5-10-21)8-13-24(25)29-17-19-6-11-23(26)12-7-19/h4-15H,3,17H2,1-2H3/b22-14+. The highest BCUT2D eigenvalue weighted by Gasteiger charge is 2.08. The smallest absolute Gasteiger partial charge is 0.161 e. The lowest BCUT2D eigenvalue weighted by Gasteiger charge is -2.13. The Morgan fingerprint density at radius 2 is 1.69 bits per heavy atom. The molecule has 29 heavy (non-hydrogen) atoms. The van der Waals surface area contributed by atoms with Crippen molar-refractivity contribution >= 4 is 27.6 Å². The van der Waals surface area contributed by atoms with Crippen molar-refractivity contribution in [1.29, 1.82) is 5.26 Å². The molecule has 0 saturated carbocycles. The first-order chi connectivity index (χ1) is 14.1. The molecule has 0 atom stereocenters. The van der Waals surface area contributed by atoms with E-state index in [0.29, 0.717) is 30.3 Å². The molecule has 0 saturated heterocycles. The molecule has 3 aromatic rings. The Kier molecular flexibility index (Phi) is 7.10. The van der Waals surface area contributed by atoms with Crippen LogP contribution in [0.5, 0.6) is 11.5 Å². The minimum Gasteiger partial charge on any atom is -0.490 e. The fourth-order valence-electron chi connectivity index (χ4n) is 2.82. The number of nitrogens with zero attached hydrogens (tertiary/aromatic N) is 1.